The molecule has 0 aliphatic carbocycles. The van der Waals surface area contributed by atoms with Gasteiger partial charge < -0.3 is 4.74 Å². The first kappa shape index (κ1) is 6.61. The lowest BCUT2D eigenvalue weighted by Gasteiger charge is -1.96. The average molecular weight is 165 g/mol. The van der Waals surface area contributed by atoms with Crippen LogP contribution in [0.4, 0.5) is 0 Å². The molecule has 0 saturated carbocycles. The molecule has 0 radical (unpaired) electrons. The molecular formula is C8H7NOS. The number of ether oxygens (including phenoxy) is 1. The molecule has 0 saturated heterocycles. The number of nitrogens with zero attached hydrogens (tertiary/aromatic N) is 1. The van der Waals surface area contributed by atoms with Crippen molar-refractivity contribution >= 4 is 21.6 Å². The highest BCUT2D eigenvalue weighted by Crippen LogP contribution is 2.22. The second-order valence-electron chi connectivity index (χ2n) is 2.23. The number of aromatic nitrogens is 1. The standard InChI is InChI=1S/C8H7NOS/c1-10-7-2-3-8-6(4-7)5-9-11-8/h2-5H,1H3. The SMILES string of the molecule is COc1ccc2sncc2c1. The van der Waals surface area contributed by atoms with E-state index in [1.54, 1.807) is 7.11 Å². The maximum Gasteiger partial charge on any atom is 0.119 e. The fourth-order valence-electron chi connectivity index (χ4n) is 0.977. The third-order valence-corrected chi connectivity index (χ3v) is 2.34. The van der Waals surface area contributed by atoms with Crippen molar-refractivity contribution in [3.63, 3.8) is 0 Å². The van der Waals surface area contributed by atoms with Gasteiger partial charge in [0.2, 0.25) is 0 Å². The van der Waals surface area contributed by atoms with Gasteiger partial charge in [-0.15, -0.1) is 0 Å². The molecular weight excluding hydrogens is 158 g/mol. The predicted molar refractivity (Wildman–Crippen MR) is 46.2 cm³/mol. The van der Waals surface area contributed by atoms with Crippen molar-refractivity contribution in [3.05, 3.63) is 24.4 Å². The fraction of sp³-hybridized carbons (Fsp3) is 0.125. The lowest BCUT2D eigenvalue weighted by molar-refractivity contribution is 0.415. The van der Waals surface area contributed by atoms with Gasteiger partial charge in [-0.1, -0.05) is 0 Å². The zero-order chi connectivity index (χ0) is 7.68. The molecule has 2 aromatic rings. The van der Waals surface area contributed by atoms with Gasteiger partial charge in [-0.05, 0) is 29.7 Å². The molecule has 2 nitrogen and oxygen atoms in total. The van der Waals surface area contributed by atoms with Crippen LogP contribution in [0.25, 0.3) is 10.1 Å². The highest BCUT2D eigenvalue weighted by molar-refractivity contribution is 7.13. The molecule has 0 N–H and O–H groups in total. The number of hydrogen-bond acceptors (Lipinski definition) is 3. The Hall–Kier alpha value is -1.09. The Balaban J connectivity index is 2.67. The van der Waals surface area contributed by atoms with Crippen molar-refractivity contribution in [1.29, 1.82) is 0 Å². The van der Waals surface area contributed by atoms with Gasteiger partial charge in [0.05, 0.1) is 11.8 Å². The number of methoxy groups -OCH3 is 1. The van der Waals surface area contributed by atoms with Crippen molar-refractivity contribution < 1.29 is 4.74 Å². The van der Waals surface area contributed by atoms with Crippen molar-refractivity contribution in [2.45, 2.75) is 0 Å². The molecule has 0 spiro atoms. The van der Waals surface area contributed by atoms with Gasteiger partial charge in [0, 0.05) is 11.6 Å². The fourth-order valence-corrected chi connectivity index (χ4v) is 1.60. The highest BCUT2D eigenvalue weighted by Gasteiger charge is 1.96. The molecule has 3 heteroatoms. The smallest absolute Gasteiger partial charge is 0.119 e. The Kier molecular flexibility index (Phi) is 1.51. The van der Waals surface area contributed by atoms with E-state index >= 15 is 0 Å². The molecule has 0 unspecified atom stereocenters. The Labute approximate surface area is 68.6 Å². The van der Waals surface area contributed by atoms with Gasteiger partial charge in [0.1, 0.15) is 5.75 Å². The van der Waals surface area contributed by atoms with E-state index in [0.29, 0.717) is 0 Å². The maximum absolute atomic E-state index is 5.07. The minimum absolute atomic E-state index is 0.887. The second-order valence-corrected chi connectivity index (χ2v) is 3.06. The third-order valence-electron chi connectivity index (χ3n) is 1.56. The van der Waals surface area contributed by atoms with E-state index in [0.717, 1.165) is 11.1 Å². The first-order valence-electron chi connectivity index (χ1n) is 3.28. The van der Waals surface area contributed by atoms with Gasteiger partial charge >= 0.3 is 0 Å². The molecule has 1 heterocycles. The van der Waals surface area contributed by atoms with Crippen molar-refractivity contribution in [1.82, 2.24) is 4.37 Å². The molecule has 2 rings (SSSR count). The van der Waals surface area contributed by atoms with Crippen LogP contribution < -0.4 is 4.74 Å². The van der Waals surface area contributed by atoms with Gasteiger partial charge in [0.25, 0.3) is 0 Å². The molecule has 56 valence electrons. The summed E-state index contributed by atoms with van der Waals surface area (Å²) in [5, 5.41) is 1.15. The van der Waals surface area contributed by atoms with Crippen LogP contribution in [-0.2, 0) is 0 Å². The van der Waals surface area contributed by atoms with Crippen LogP contribution in [0.3, 0.4) is 0 Å². The molecule has 0 aliphatic rings. The van der Waals surface area contributed by atoms with Crippen LogP contribution in [0.2, 0.25) is 0 Å². The largest absolute Gasteiger partial charge is 0.497 e. The second kappa shape index (κ2) is 2.51. The van der Waals surface area contributed by atoms with Gasteiger partial charge in [-0.25, -0.2) is 0 Å². The zero-order valence-corrected chi connectivity index (χ0v) is 6.89. The van der Waals surface area contributed by atoms with Crippen LogP contribution in [-0.4, -0.2) is 11.5 Å². The summed E-state index contributed by atoms with van der Waals surface area (Å²) in [6.45, 7) is 0. The van der Waals surface area contributed by atoms with Crippen molar-refractivity contribution in [3.8, 4) is 5.75 Å². The molecule has 0 aliphatic heterocycles. The van der Waals surface area contributed by atoms with Crippen LogP contribution in [0.5, 0.6) is 5.75 Å². The summed E-state index contributed by atoms with van der Waals surface area (Å²) in [4.78, 5) is 0. The van der Waals surface area contributed by atoms with E-state index in [4.69, 9.17) is 4.74 Å². The zero-order valence-electron chi connectivity index (χ0n) is 6.07. The minimum Gasteiger partial charge on any atom is -0.497 e. The van der Waals surface area contributed by atoms with E-state index < -0.39 is 0 Å². The van der Waals surface area contributed by atoms with E-state index in [-0.39, 0.29) is 0 Å². The molecule has 11 heavy (non-hydrogen) atoms. The predicted octanol–water partition coefficient (Wildman–Crippen LogP) is 2.30. The normalized spacial score (nSPS) is 10.3. The Morgan fingerprint density at radius 2 is 2.36 bits per heavy atom. The average Bonchev–Trinajstić information content (AvgIpc) is 2.50. The molecule has 1 aromatic carbocycles. The quantitative estimate of drug-likeness (QED) is 0.646. The summed E-state index contributed by atoms with van der Waals surface area (Å²) in [7, 11) is 1.67. The summed E-state index contributed by atoms with van der Waals surface area (Å²) < 4.78 is 10.3. The Bertz CT molecular complexity index is 369. The monoisotopic (exact) mass is 165 g/mol. The van der Waals surface area contributed by atoms with Crippen molar-refractivity contribution in [2.75, 3.05) is 7.11 Å². The minimum atomic E-state index is 0.887. The number of hydrogen-bond donors (Lipinski definition) is 0. The van der Waals surface area contributed by atoms with E-state index in [1.807, 2.05) is 24.4 Å². The van der Waals surface area contributed by atoms with Crippen LogP contribution >= 0.6 is 11.5 Å². The third kappa shape index (κ3) is 1.07. The van der Waals surface area contributed by atoms with Crippen LogP contribution in [0.15, 0.2) is 24.4 Å². The first-order valence-corrected chi connectivity index (χ1v) is 4.06. The number of rotatable bonds is 1. The van der Waals surface area contributed by atoms with E-state index in [9.17, 15) is 0 Å². The molecule has 0 amide bonds. The van der Waals surface area contributed by atoms with Gasteiger partial charge in [-0.3, -0.25) is 0 Å². The van der Waals surface area contributed by atoms with Crippen LogP contribution in [0, 0.1) is 0 Å². The van der Waals surface area contributed by atoms with Crippen molar-refractivity contribution in [2.24, 2.45) is 0 Å². The maximum atomic E-state index is 5.07. The summed E-state index contributed by atoms with van der Waals surface area (Å²) in [5.74, 6) is 0.887. The summed E-state index contributed by atoms with van der Waals surface area (Å²) >= 11 is 1.50. The Morgan fingerprint density at radius 1 is 1.45 bits per heavy atom. The lowest BCUT2D eigenvalue weighted by atomic mass is 10.3. The summed E-state index contributed by atoms with van der Waals surface area (Å²) in [6, 6.07) is 5.95. The van der Waals surface area contributed by atoms with Crippen LogP contribution in [0.1, 0.15) is 0 Å². The highest BCUT2D eigenvalue weighted by atomic mass is 32.1. The topological polar surface area (TPSA) is 22.1 Å². The lowest BCUT2D eigenvalue weighted by Crippen LogP contribution is -1.79. The van der Waals surface area contributed by atoms with Gasteiger partial charge in [-0.2, -0.15) is 4.37 Å². The molecule has 0 atom stereocenters. The van der Waals surface area contributed by atoms with E-state index in [2.05, 4.69) is 4.37 Å². The summed E-state index contributed by atoms with van der Waals surface area (Å²) in [5.41, 5.74) is 0. The van der Waals surface area contributed by atoms with Gasteiger partial charge in [0.15, 0.2) is 0 Å². The van der Waals surface area contributed by atoms with E-state index in [1.165, 1.54) is 16.2 Å². The molecule has 0 fully saturated rings. The summed E-state index contributed by atoms with van der Waals surface area (Å²) in [6.07, 6.45) is 1.85. The Morgan fingerprint density at radius 3 is 3.18 bits per heavy atom. The molecule has 0 bridgehead atoms. The first-order chi connectivity index (χ1) is 5.40. The number of fused-ring (bicyclic) bond motifs is 1. The number of benzene rings is 1. The molecule has 1 aromatic heterocycles.